The van der Waals surface area contributed by atoms with Crippen molar-refractivity contribution in [1.82, 2.24) is 4.72 Å². The highest BCUT2D eigenvalue weighted by atomic mass is 35.5. The molecule has 2 aromatic carbocycles. The minimum absolute atomic E-state index is 0.0490. The summed E-state index contributed by atoms with van der Waals surface area (Å²) in [5.41, 5.74) is 1.71. The van der Waals surface area contributed by atoms with Gasteiger partial charge in [0.15, 0.2) is 0 Å². The van der Waals surface area contributed by atoms with Crippen LogP contribution < -0.4 is 4.72 Å². The van der Waals surface area contributed by atoms with Crippen molar-refractivity contribution in [3.63, 3.8) is 0 Å². The smallest absolute Gasteiger partial charge is 0.367 e. The first-order valence-corrected chi connectivity index (χ1v) is 10.1. The van der Waals surface area contributed by atoms with Gasteiger partial charge in [0.1, 0.15) is 6.61 Å². The van der Waals surface area contributed by atoms with Crippen LogP contribution in [0.1, 0.15) is 16.7 Å². The Balaban J connectivity index is 1.86. The van der Waals surface area contributed by atoms with Gasteiger partial charge in [0.2, 0.25) is 10.0 Å². The van der Waals surface area contributed by atoms with Gasteiger partial charge in [-0.3, -0.25) is 0 Å². The first-order valence-electron chi connectivity index (χ1n) is 7.68. The molecule has 0 radical (unpaired) electrons. The van der Waals surface area contributed by atoms with Crippen LogP contribution in [-0.2, 0) is 33.7 Å². The van der Waals surface area contributed by atoms with E-state index in [1.54, 1.807) is 30.3 Å². The normalized spacial score (nSPS) is 12.3. The molecule has 0 aliphatic carbocycles. The van der Waals surface area contributed by atoms with Crippen molar-refractivity contribution in [2.24, 2.45) is 0 Å². The van der Waals surface area contributed by atoms with E-state index in [0.717, 1.165) is 0 Å². The number of ether oxygens (including phenoxy) is 1. The largest absolute Gasteiger partial charge is 0.411 e. The zero-order valence-corrected chi connectivity index (χ0v) is 16.2. The van der Waals surface area contributed by atoms with Gasteiger partial charge in [0, 0.05) is 6.54 Å². The monoisotopic (exact) mass is 441 g/mol. The fourth-order valence-electron chi connectivity index (χ4n) is 2.13. The molecule has 1 N–H and O–H groups in total. The first-order chi connectivity index (χ1) is 12.5. The van der Waals surface area contributed by atoms with E-state index < -0.39 is 22.8 Å². The lowest BCUT2D eigenvalue weighted by molar-refractivity contribution is -0.176. The van der Waals surface area contributed by atoms with Crippen molar-refractivity contribution < 1.29 is 26.3 Å². The molecule has 0 saturated carbocycles. The third-order valence-electron chi connectivity index (χ3n) is 3.39. The molecule has 4 nitrogen and oxygen atoms in total. The van der Waals surface area contributed by atoms with E-state index >= 15 is 0 Å². The number of hydrogen-bond acceptors (Lipinski definition) is 3. The number of benzene rings is 2. The SMILES string of the molecule is O=S(=O)(Cc1ccc(Cl)c(Cl)c1)NCc1ccc(COCC(F)(F)F)cc1. The highest BCUT2D eigenvalue weighted by molar-refractivity contribution is 7.88. The molecule has 148 valence electrons. The van der Waals surface area contributed by atoms with Crippen LogP contribution >= 0.6 is 23.2 Å². The quantitative estimate of drug-likeness (QED) is 0.646. The molecule has 0 fully saturated rings. The van der Waals surface area contributed by atoms with Gasteiger partial charge in [-0.05, 0) is 28.8 Å². The molecule has 0 heterocycles. The van der Waals surface area contributed by atoms with E-state index in [4.69, 9.17) is 23.2 Å². The van der Waals surface area contributed by atoms with Crippen LogP contribution in [0, 0.1) is 0 Å². The topological polar surface area (TPSA) is 55.4 Å². The molecular formula is C17H16Cl2F3NO3S. The Morgan fingerprint density at radius 1 is 0.926 bits per heavy atom. The molecule has 0 amide bonds. The van der Waals surface area contributed by atoms with Gasteiger partial charge >= 0.3 is 6.18 Å². The minimum Gasteiger partial charge on any atom is -0.367 e. The summed E-state index contributed by atoms with van der Waals surface area (Å²) >= 11 is 11.7. The second-order valence-corrected chi connectivity index (χ2v) is 8.37. The summed E-state index contributed by atoms with van der Waals surface area (Å²) in [4.78, 5) is 0. The second kappa shape index (κ2) is 9.25. The maximum absolute atomic E-state index is 12.2. The van der Waals surface area contributed by atoms with Crippen LogP contribution in [-0.4, -0.2) is 21.2 Å². The zero-order chi connectivity index (χ0) is 20.1. The molecule has 2 aromatic rings. The Bertz CT molecular complexity index is 872. The van der Waals surface area contributed by atoms with Gasteiger partial charge in [0.05, 0.1) is 22.4 Å². The fraction of sp³-hybridized carbons (Fsp3) is 0.294. The summed E-state index contributed by atoms with van der Waals surface area (Å²) in [5, 5.41) is 0.609. The van der Waals surface area contributed by atoms with Gasteiger partial charge in [-0.25, -0.2) is 13.1 Å². The van der Waals surface area contributed by atoms with Crippen molar-refractivity contribution in [1.29, 1.82) is 0 Å². The summed E-state index contributed by atoms with van der Waals surface area (Å²) in [6.07, 6.45) is -4.37. The van der Waals surface area contributed by atoms with Crippen molar-refractivity contribution >= 4 is 33.2 Å². The molecule has 0 unspecified atom stereocenters. The Morgan fingerprint density at radius 2 is 1.52 bits per heavy atom. The molecule has 0 aromatic heterocycles. The molecule has 0 aliphatic rings. The molecule has 0 aliphatic heterocycles. The molecule has 10 heteroatoms. The number of rotatable bonds is 8. The number of hydrogen-bond donors (Lipinski definition) is 1. The summed E-state index contributed by atoms with van der Waals surface area (Å²) in [7, 11) is -3.60. The van der Waals surface area contributed by atoms with Gasteiger partial charge < -0.3 is 4.74 Å². The molecule has 2 rings (SSSR count). The van der Waals surface area contributed by atoms with Crippen molar-refractivity contribution in [2.75, 3.05) is 6.61 Å². The number of nitrogens with one attached hydrogen (secondary N) is 1. The van der Waals surface area contributed by atoms with Crippen molar-refractivity contribution in [3.8, 4) is 0 Å². The van der Waals surface area contributed by atoms with Gasteiger partial charge in [-0.1, -0.05) is 53.5 Å². The summed E-state index contributed by atoms with van der Waals surface area (Å²) < 4.78 is 67.4. The molecule has 0 saturated heterocycles. The van der Waals surface area contributed by atoms with E-state index in [1.807, 2.05) is 0 Å². The summed E-state index contributed by atoms with van der Waals surface area (Å²) in [6.45, 7) is -1.44. The van der Waals surface area contributed by atoms with E-state index in [9.17, 15) is 21.6 Å². The van der Waals surface area contributed by atoms with Crippen LogP contribution in [0.15, 0.2) is 42.5 Å². The van der Waals surface area contributed by atoms with Gasteiger partial charge in [0.25, 0.3) is 0 Å². The lowest BCUT2D eigenvalue weighted by Gasteiger charge is -2.09. The zero-order valence-electron chi connectivity index (χ0n) is 13.9. The Labute approximate surface area is 165 Å². The van der Waals surface area contributed by atoms with Crippen LogP contribution in [0.4, 0.5) is 13.2 Å². The highest BCUT2D eigenvalue weighted by Crippen LogP contribution is 2.23. The fourth-order valence-corrected chi connectivity index (χ4v) is 3.56. The van der Waals surface area contributed by atoms with E-state index in [1.165, 1.54) is 12.1 Å². The molecule has 27 heavy (non-hydrogen) atoms. The molecule has 0 atom stereocenters. The maximum Gasteiger partial charge on any atom is 0.411 e. The third kappa shape index (κ3) is 8.06. The summed E-state index contributed by atoms with van der Waals surface area (Å²) in [5.74, 6) is -0.257. The lowest BCUT2D eigenvalue weighted by Crippen LogP contribution is -2.24. The number of alkyl halides is 3. The number of sulfonamides is 1. The highest BCUT2D eigenvalue weighted by Gasteiger charge is 2.27. The third-order valence-corrected chi connectivity index (χ3v) is 5.43. The minimum atomic E-state index is -4.37. The standard InChI is InChI=1S/C17H16Cl2F3NO3S/c18-15-6-5-14(7-16(15)19)10-27(24,25)23-8-12-1-3-13(4-2-12)9-26-11-17(20,21)22/h1-7,23H,8-11H2. The van der Waals surface area contributed by atoms with E-state index in [2.05, 4.69) is 9.46 Å². The van der Waals surface area contributed by atoms with Crippen molar-refractivity contribution in [3.05, 3.63) is 69.2 Å². The average molecular weight is 442 g/mol. The van der Waals surface area contributed by atoms with Gasteiger partial charge in [-0.15, -0.1) is 0 Å². The van der Waals surface area contributed by atoms with E-state index in [-0.39, 0.29) is 23.9 Å². The summed E-state index contributed by atoms with van der Waals surface area (Å²) in [6, 6.07) is 11.0. The first kappa shape index (κ1) is 22.0. The predicted octanol–water partition coefficient (Wildman–Crippen LogP) is 4.69. The molecule has 0 spiro atoms. The van der Waals surface area contributed by atoms with Crippen LogP contribution in [0.25, 0.3) is 0 Å². The second-order valence-electron chi connectivity index (χ2n) is 5.75. The maximum atomic E-state index is 12.2. The predicted molar refractivity (Wildman–Crippen MR) is 98.1 cm³/mol. The van der Waals surface area contributed by atoms with Crippen molar-refractivity contribution in [2.45, 2.75) is 25.1 Å². The molecular weight excluding hydrogens is 426 g/mol. The number of halogens is 5. The lowest BCUT2D eigenvalue weighted by atomic mass is 10.1. The van der Waals surface area contributed by atoms with Crippen LogP contribution in [0.2, 0.25) is 10.0 Å². The van der Waals surface area contributed by atoms with Crippen LogP contribution in [0.5, 0.6) is 0 Å². The average Bonchev–Trinajstić information content (AvgIpc) is 2.56. The van der Waals surface area contributed by atoms with E-state index in [0.29, 0.717) is 21.7 Å². The Hall–Kier alpha value is -1.32. The van der Waals surface area contributed by atoms with Gasteiger partial charge in [-0.2, -0.15) is 13.2 Å². The Kier molecular flexibility index (Phi) is 7.53. The Morgan fingerprint density at radius 3 is 2.11 bits per heavy atom. The van der Waals surface area contributed by atoms with Crippen LogP contribution in [0.3, 0.4) is 0 Å². The molecule has 0 bridgehead atoms.